The van der Waals surface area contributed by atoms with Crippen molar-refractivity contribution in [3.05, 3.63) is 94.0 Å². The average Bonchev–Trinajstić information content (AvgIpc) is 2.94. The third kappa shape index (κ3) is 5.74. The van der Waals surface area contributed by atoms with Crippen LogP contribution in [-0.4, -0.2) is 68.1 Å². The van der Waals surface area contributed by atoms with Gasteiger partial charge in [-0.3, -0.25) is 9.69 Å². The number of rotatable bonds is 5. The minimum atomic E-state index is 0.114. The summed E-state index contributed by atoms with van der Waals surface area (Å²) in [5, 5.41) is 10.2. The summed E-state index contributed by atoms with van der Waals surface area (Å²) >= 11 is 6.16. The molecule has 6 nitrogen and oxygen atoms in total. The van der Waals surface area contributed by atoms with Crippen LogP contribution in [0.25, 0.3) is 0 Å². The molecule has 2 saturated heterocycles. The van der Waals surface area contributed by atoms with Crippen molar-refractivity contribution >= 4 is 28.9 Å². The molecule has 2 aliphatic heterocycles. The van der Waals surface area contributed by atoms with E-state index in [0.29, 0.717) is 13.1 Å². The van der Waals surface area contributed by atoms with Crippen molar-refractivity contribution < 1.29 is 4.79 Å². The standard InChI is InChI=1S/C30H32ClN5O/c1-23-9-10-24(22-33-11-13-35(14-12-33)29-8-3-2-5-25(29)21-32)19-28(23)30(37)36-17-15-34(16-18-36)27-7-4-6-26(31)20-27/h2-10,19-20H,11-18,22H2,1H3. The van der Waals surface area contributed by atoms with E-state index in [1.807, 2.05) is 54.3 Å². The lowest BCUT2D eigenvalue weighted by molar-refractivity contribution is 0.0746. The molecule has 0 radical (unpaired) electrons. The van der Waals surface area contributed by atoms with Crippen molar-refractivity contribution in [2.24, 2.45) is 0 Å². The van der Waals surface area contributed by atoms with Crippen LogP contribution in [0.15, 0.2) is 66.7 Å². The number of nitriles is 1. The Morgan fingerprint density at radius 2 is 1.59 bits per heavy atom. The maximum absolute atomic E-state index is 13.5. The molecule has 190 valence electrons. The molecule has 0 aliphatic carbocycles. The predicted octanol–water partition coefficient (Wildman–Crippen LogP) is 4.80. The van der Waals surface area contributed by atoms with Crippen LogP contribution in [-0.2, 0) is 6.54 Å². The van der Waals surface area contributed by atoms with E-state index in [-0.39, 0.29) is 5.91 Å². The Kier molecular flexibility index (Phi) is 7.64. The molecule has 5 rings (SSSR count). The molecule has 7 heteroatoms. The summed E-state index contributed by atoms with van der Waals surface area (Å²) in [6.45, 7) is 9.42. The molecular weight excluding hydrogens is 482 g/mol. The van der Waals surface area contributed by atoms with E-state index in [1.54, 1.807) is 0 Å². The summed E-state index contributed by atoms with van der Waals surface area (Å²) in [4.78, 5) is 22.4. The Balaban J connectivity index is 1.19. The number of carbonyl (C=O) groups is 1. The lowest BCUT2D eigenvalue weighted by Crippen LogP contribution is -2.49. The van der Waals surface area contributed by atoms with Gasteiger partial charge in [-0.25, -0.2) is 0 Å². The summed E-state index contributed by atoms with van der Waals surface area (Å²) in [6, 6.07) is 24.3. The maximum Gasteiger partial charge on any atom is 0.254 e. The number of aryl methyl sites for hydroxylation is 1. The molecule has 1 amide bonds. The first-order chi connectivity index (χ1) is 18.0. The minimum absolute atomic E-state index is 0.114. The van der Waals surface area contributed by atoms with Crippen LogP contribution in [0.4, 0.5) is 11.4 Å². The van der Waals surface area contributed by atoms with Crippen molar-refractivity contribution in [3.8, 4) is 6.07 Å². The molecule has 0 spiro atoms. The molecule has 0 aromatic heterocycles. The van der Waals surface area contributed by atoms with Crippen molar-refractivity contribution in [1.29, 1.82) is 5.26 Å². The number of amides is 1. The number of hydrogen-bond donors (Lipinski definition) is 0. The van der Waals surface area contributed by atoms with Crippen LogP contribution in [0.3, 0.4) is 0 Å². The zero-order valence-corrected chi connectivity index (χ0v) is 22.0. The highest BCUT2D eigenvalue weighted by atomic mass is 35.5. The summed E-state index contributed by atoms with van der Waals surface area (Å²) in [7, 11) is 0. The first-order valence-electron chi connectivity index (χ1n) is 12.9. The number of benzene rings is 3. The Hall–Kier alpha value is -3.53. The van der Waals surface area contributed by atoms with Gasteiger partial charge in [0, 0.05) is 75.2 Å². The normalized spacial score (nSPS) is 16.5. The maximum atomic E-state index is 13.5. The van der Waals surface area contributed by atoms with Gasteiger partial charge in [-0.15, -0.1) is 0 Å². The van der Waals surface area contributed by atoms with Crippen molar-refractivity contribution in [3.63, 3.8) is 0 Å². The van der Waals surface area contributed by atoms with Crippen molar-refractivity contribution in [2.75, 3.05) is 62.2 Å². The van der Waals surface area contributed by atoms with Crippen LogP contribution >= 0.6 is 11.6 Å². The van der Waals surface area contributed by atoms with Gasteiger partial charge in [-0.2, -0.15) is 5.26 Å². The number of piperazine rings is 2. The highest BCUT2D eigenvalue weighted by Crippen LogP contribution is 2.24. The number of para-hydroxylation sites is 1. The molecule has 3 aromatic carbocycles. The molecule has 37 heavy (non-hydrogen) atoms. The van der Waals surface area contributed by atoms with Gasteiger partial charge in [0.15, 0.2) is 0 Å². The molecule has 0 saturated carbocycles. The summed E-state index contributed by atoms with van der Waals surface area (Å²) in [5.41, 5.74) is 5.83. The zero-order valence-electron chi connectivity index (χ0n) is 21.2. The highest BCUT2D eigenvalue weighted by molar-refractivity contribution is 6.30. The minimum Gasteiger partial charge on any atom is -0.368 e. The Labute approximate surface area is 224 Å². The lowest BCUT2D eigenvalue weighted by atomic mass is 10.0. The summed E-state index contributed by atoms with van der Waals surface area (Å²) in [6.07, 6.45) is 0. The quantitative estimate of drug-likeness (QED) is 0.490. The first-order valence-corrected chi connectivity index (χ1v) is 13.3. The largest absolute Gasteiger partial charge is 0.368 e. The predicted molar refractivity (Wildman–Crippen MR) is 149 cm³/mol. The Morgan fingerprint density at radius 3 is 2.32 bits per heavy atom. The van der Waals surface area contributed by atoms with E-state index in [9.17, 15) is 10.1 Å². The molecular formula is C30H32ClN5O. The van der Waals surface area contributed by atoms with Crippen LogP contribution in [0.1, 0.15) is 27.0 Å². The monoisotopic (exact) mass is 513 g/mol. The average molecular weight is 514 g/mol. The number of nitrogens with zero attached hydrogens (tertiary/aromatic N) is 5. The van der Waals surface area contributed by atoms with Gasteiger partial charge in [0.2, 0.25) is 0 Å². The van der Waals surface area contributed by atoms with Gasteiger partial charge >= 0.3 is 0 Å². The fourth-order valence-electron chi connectivity index (χ4n) is 5.26. The van der Waals surface area contributed by atoms with E-state index < -0.39 is 0 Å². The van der Waals surface area contributed by atoms with E-state index in [4.69, 9.17) is 11.6 Å². The second-order valence-electron chi connectivity index (χ2n) is 9.80. The lowest BCUT2D eigenvalue weighted by Gasteiger charge is -2.37. The molecule has 0 bridgehead atoms. The first kappa shape index (κ1) is 25.1. The van der Waals surface area contributed by atoms with Crippen LogP contribution in [0.5, 0.6) is 0 Å². The highest BCUT2D eigenvalue weighted by Gasteiger charge is 2.24. The van der Waals surface area contributed by atoms with Crippen LogP contribution in [0, 0.1) is 18.3 Å². The van der Waals surface area contributed by atoms with Gasteiger partial charge in [0.05, 0.1) is 11.3 Å². The number of carbonyl (C=O) groups excluding carboxylic acids is 1. The Bertz CT molecular complexity index is 1300. The molecule has 0 atom stereocenters. The molecule has 2 aliphatic rings. The van der Waals surface area contributed by atoms with E-state index in [2.05, 4.69) is 45.0 Å². The molecule has 0 unspecified atom stereocenters. The van der Waals surface area contributed by atoms with E-state index in [0.717, 1.165) is 84.5 Å². The smallest absolute Gasteiger partial charge is 0.254 e. The second kappa shape index (κ2) is 11.2. The number of halogens is 1. The third-order valence-corrected chi connectivity index (χ3v) is 7.65. The van der Waals surface area contributed by atoms with Crippen molar-refractivity contribution in [1.82, 2.24) is 9.80 Å². The second-order valence-corrected chi connectivity index (χ2v) is 10.2. The van der Waals surface area contributed by atoms with Crippen molar-refractivity contribution in [2.45, 2.75) is 13.5 Å². The molecule has 2 fully saturated rings. The number of hydrogen-bond acceptors (Lipinski definition) is 5. The molecule has 0 N–H and O–H groups in total. The fraction of sp³-hybridized carbons (Fsp3) is 0.333. The van der Waals surface area contributed by atoms with E-state index >= 15 is 0 Å². The fourth-order valence-corrected chi connectivity index (χ4v) is 5.44. The molecule has 3 aromatic rings. The Morgan fingerprint density at radius 1 is 0.865 bits per heavy atom. The van der Waals surface area contributed by atoms with Gasteiger partial charge in [-0.1, -0.05) is 41.9 Å². The molecule has 2 heterocycles. The van der Waals surface area contributed by atoms with Gasteiger partial charge in [0.25, 0.3) is 5.91 Å². The SMILES string of the molecule is Cc1ccc(CN2CCN(c3ccccc3C#N)CC2)cc1C(=O)N1CCN(c2cccc(Cl)c2)CC1. The zero-order chi connectivity index (χ0) is 25.8. The summed E-state index contributed by atoms with van der Waals surface area (Å²) in [5.74, 6) is 0.114. The van der Waals surface area contributed by atoms with E-state index in [1.165, 1.54) is 0 Å². The van der Waals surface area contributed by atoms with Crippen LogP contribution < -0.4 is 9.80 Å². The van der Waals surface area contributed by atoms with Gasteiger partial charge in [0.1, 0.15) is 6.07 Å². The summed E-state index contributed by atoms with van der Waals surface area (Å²) < 4.78 is 0. The van der Waals surface area contributed by atoms with Gasteiger partial charge in [-0.05, 0) is 54.4 Å². The topological polar surface area (TPSA) is 53.8 Å². The van der Waals surface area contributed by atoms with Gasteiger partial charge < -0.3 is 14.7 Å². The van der Waals surface area contributed by atoms with Crippen LogP contribution in [0.2, 0.25) is 5.02 Å². The third-order valence-electron chi connectivity index (χ3n) is 7.42. The number of anilines is 2.